The average molecular weight is 292 g/mol. The third-order valence-corrected chi connectivity index (χ3v) is 3.63. The van der Waals surface area contributed by atoms with Gasteiger partial charge >= 0.3 is 5.97 Å². The van der Waals surface area contributed by atoms with Gasteiger partial charge in [-0.1, -0.05) is 19.9 Å². The van der Waals surface area contributed by atoms with Crippen molar-refractivity contribution in [2.24, 2.45) is 5.73 Å². The van der Waals surface area contributed by atoms with Crippen LogP contribution in [0.4, 0.5) is 0 Å². The summed E-state index contributed by atoms with van der Waals surface area (Å²) in [4.78, 5) is 34.4. The molecular weight excluding hydrogens is 272 g/mol. The Kier molecular flexibility index (Phi) is 5.46. The van der Waals surface area contributed by atoms with Crippen LogP contribution in [0, 0.1) is 0 Å². The van der Waals surface area contributed by atoms with Gasteiger partial charge in [-0.25, -0.2) is 0 Å². The number of hydrogen-bond acceptors (Lipinski definition) is 3. The first kappa shape index (κ1) is 16.7. The van der Waals surface area contributed by atoms with E-state index in [-0.39, 0.29) is 17.5 Å². The van der Waals surface area contributed by atoms with Gasteiger partial charge in [0, 0.05) is 11.1 Å². The molecule has 4 N–H and O–H groups in total. The molecule has 6 heteroatoms. The summed E-state index contributed by atoms with van der Waals surface area (Å²) in [7, 11) is 0. The molecule has 114 valence electrons. The molecule has 0 saturated heterocycles. The van der Waals surface area contributed by atoms with E-state index < -0.39 is 23.3 Å². The molecular formula is C15H20N2O4. The fourth-order valence-electron chi connectivity index (χ4n) is 2.14. The van der Waals surface area contributed by atoms with Gasteiger partial charge in [-0.15, -0.1) is 0 Å². The number of carboxylic acids is 1. The van der Waals surface area contributed by atoms with Crippen molar-refractivity contribution in [3.63, 3.8) is 0 Å². The van der Waals surface area contributed by atoms with Crippen molar-refractivity contribution in [2.75, 3.05) is 0 Å². The summed E-state index contributed by atoms with van der Waals surface area (Å²) in [5, 5.41) is 11.8. The normalized spacial score (nSPS) is 11.0. The Balaban J connectivity index is 2.99. The Bertz CT molecular complexity index is 550. The van der Waals surface area contributed by atoms with Crippen LogP contribution in [-0.4, -0.2) is 28.4 Å². The monoisotopic (exact) mass is 292 g/mol. The molecule has 0 aliphatic rings. The number of amides is 2. The Morgan fingerprint density at radius 1 is 1.19 bits per heavy atom. The van der Waals surface area contributed by atoms with Crippen LogP contribution >= 0.6 is 0 Å². The summed E-state index contributed by atoms with van der Waals surface area (Å²) < 4.78 is 0. The molecule has 21 heavy (non-hydrogen) atoms. The number of hydrogen-bond donors (Lipinski definition) is 3. The highest BCUT2D eigenvalue weighted by Gasteiger charge is 2.31. The number of carbonyl (C=O) groups is 3. The molecule has 1 aromatic rings. The highest BCUT2D eigenvalue weighted by atomic mass is 16.4. The minimum atomic E-state index is -0.968. The van der Waals surface area contributed by atoms with E-state index in [4.69, 9.17) is 10.8 Å². The molecule has 0 fully saturated rings. The SMILES string of the molecule is CCC(CC)(CC(=O)O)NC(=O)c1cccc(C(N)=O)c1. The molecule has 2 amide bonds. The smallest absolute Gasteiger partial charge is 0.305 e. The fourth-order valence-corrected chi connectivity index (χ4v) is 2.14. The molecule has 1 rings (SSSR count). The van der Waals surface area contributed by atoms with Crippen molar-refractivity contribution in [3.8, 4) is 0 Å². The van der Waals surface area contributed by atoms with Gasteiger partial charge in [0.25, 0.3) is 5.91 Å². The third kappa shape index (κ3) is 4.30. The van der Waals surface area contributed by atoms with Gasteiger partial charge in [-0.05, 0) is 31.0 Å². The second-order valence-corrected chi connectivity index (χ2v) is 4.96. The van der Waals surface area contributed by atoms with E-state index in [2.05, 4.69) is 5.32 Å². The molecule has 6 nitrogen and oxygen atoms in total. The van der Waals surface area contributed by atoms with Gasteiger partial charge in [0.1, 0.15) is 0 Å². The number of benzene rings is 1. The van der Waals surface area contributed by atoms with Crippen LogP contribution in [-0.2, 0) is 4.79 Å². The first-order valence-corrected chi connectivity index (χ1v) is 6.77. The second-order valence-electron chi connectivity index (χ2n) is 4.96. The topological polar surface area (TPSA) is 109 Å². The highest BCUT2D eigenvalue weighted by molar-refractivity contribution is 5.99. The third-order valence-electron chi connectivity index (χ3n) is 3.63. The number of primary amides is 1. The van der Waals surface area contributed by atoms with Crippen molar-refractivity contribution in [1.29, 1.82) is 0 Å². The molecule has 0 aromatic heterocycles. The molecule has 0 aliphatic carbocycles. The average Bonchev–Trinajstić information content (AvgIpc) is 2.46. The largest absolute Gasteiger partial charge is 0.481 e. The van der Waals surface area contributed by atoms with E-state index in [1.54, 1.807) is 12.1 Å². The molecule has 1 aromatic carbocycles. The lowest BCUT2D eigenvalue weighted by Gasteiger charge is -2.31. The van der Waals surface area contributed by atoms with Gasteiger partial charge < -0.3 is 16.2 Å². The minimum absolute atomic E-state index is 0.152. The van der Waals surface area contributed by atoms with E-state index in [1.165, 1.54) is 12.1 Å². The van der Waals surface area contributed by atoms with Crippen LogP contribution in [0.2, 0.25) is 0 Å². The number of aliphatic carboxylic acids is 1. The number of rotatable bonds is 7. The Hall–Kier alpha value is -2.37. The summed E-state index contributed by atoms with van der Waals surface area (Å²) in [6.45, 7) is 3.65. The number of carboxylic acid groups (broad SMARTS) is 1. The first-order valence-electron chi connectivity index (χ1n) is 6.77. The zero-order valence-corrected chi connectivity index (χ0v) is 12.2. The van der Waals surface area contributed by atoms with E-state index in [9.17, 15) is 14.4 Å². The van der Waals surface area contributed by atoms with Crippen LogP contribution < -0.4 is 11.1 Å². The predicted molar refractivity (Wildman–Crippen MR) is 78.0 cm³/mol. The Morgan fingerprint density at radius 3 is 2.24 bits per heavy atom. The minimum Gasteiger partial charge on any atom is -0.481 e. The van der Waals surface area contributed by atoms with Gasteiger partial charge in [0.2, 0.25) is 5.91 Å². The maximum absolute atomic E-state index is 12.3. The lowest BCUT2D eigenvalue weighted by molar-refractivity contribution is -0.138. The lowest BCUT2D eigenvalue weighted by atomic mass is 9.88. The number of carbonyl (C=O) groups excluding carboxylic acids is 2. The first-order chi connectivity index (χ1) is 9.83. The quantitative estimate of drug-likeness (QED) is 0.708. The van der Waals surface area contributed by atoms with Gasteiger partial charge in [0.05, 0.1) is 12.0 Å². The van der Waals surface area contributed by atoms with Gasteiger partial charge in [-0.3, -0.25) is 14.4 Å². The van der Waals surface area contributed by atoms with Crippen LogP contribution in [0.3, 0.4) is 0 Å². The summed E-state index contributed by atoms with van der Waals surface area (Å²) in [5.41, 5.74) is 4.90. The molecule has 0 heterocycles. The van der Waals surface area contributed by atoms with E-state index in [0.29, 0.717) is 12.8 Å². The van der Waals surface area contributed by atoms with Crippen molar-refractivity contribution in [3.05, 3.63) is 35.4 Å². The van der Waals surface area contributed by atoms with Crippen molar-refractivity contribution in [2.45, 2.75) is 38.6 Å². The highest BCUT2D eigenvalue weighted by Crippen LogP contribution is 2.21. The van der Waals surface area contributed by atoms with Crippen molar-refractivity contribution in [1.82, 2.24) is 5.32 Å². The molecule has 0 radical (unpaired) electrons. The molecule has 0 unspecified atom stereocenters. The molecule has 0 bridgehead atoms. The standard InChI is InChI=1S/C15H20N2O4/c1-3-15(4-2,9-12(18)19)17-14(21)11-7-5-6-10(8-11)13(16)20/h5-8H,3-4,9H2,1-2H3,(H2,16,20)(H,17,21)(H,18,19). The summed E-state index contributed by atoms with van der Waals surface area (Å²) in [6.07, 6.45) is 0.843. The van der Waals surface area contributed by atoms with Crippen LogP contribution in [0.25, 0.3) is 0 Å². The van der Waals surface area contributed by atoms with Crippen molar-refractivity contribution < 1.29 is 19.5 Å². The molecule has 0 spiro atoms. The van der Waals surface area contributed by atoms with Gasteiger partial charge in [-0.2, -0.15) is 0 Å². The Morgan fingerprint density at radius 2 is 1.76 bits per heavy atom. The molecule has 0 aliphatic heterocycles. The summed E-state index contributed by atoms with van der Waals surface area (Å²) in [6, 6.07) is 6.03. The zero-order chi connectivity index (χ0) is 16.0. The van der Waals surface area contributed by atoms with Crippen LogP contribution in [0.5, 0.6) is 0 Å². The zero-order valence-electron chi connectivity index (χ0n) is 12.2. The maximum atomic E-state index is 12.3. The molecule has 0 atom stereocenters. The van der Waals surface area contributed by atoms with Gasteiger partial charge in [0.15, 0.2) is 0 Å². The van der Waals surface area contributed by atoms with E-state index in [1.807, 2.05) is 13.8 Å². The lowest BCUT2D eigenvalue weighted by Crippen LogP contribution is -2.49. The van der Waals surface area contributed by atoms with Crippen LogP contribution in [0.1, 0.15) is 53.8 Å². The number of nitrogens with two attached hydrogens (primary N) is 1. The second kappa shape index (κ2) is 6.88. The summed E-state index contributed by atoms with van der Waals surface area (Å²) in [5.74, 6) is -2.00. The number of nitrogens with one attached hydrogen (secondary N) is 1. The Labute approximate surface area is 123 Å². The van der Waals surface area contributed by atoms with Crippen molar-refractivity contribution >= 4 is 17.8 Å². The van der Waals surface area contributed by atoms with E-state index >= 15 is 0 Å². The fraction of sp³-hybridized carbons (Fsp3) is 0.400. The maximum Gasteiger partial charge on any atom is 0.305 e. The molecule has 0 saturated carbocycles. The predicted octanol–water partition coefficient (Wildman–Crippen LogP) is 1.55. The van der Waals surface area contributed by atoms with Crippen LogP contribution in [0.15, 0.2) is 24.3 Å². The summed E-state index contributed by atoms with van der Waals surface area (Å²) >= 11 is 0. The van der Waals surface area contributed by atoms with E-state index in [0.717, 1.165) is 0 Å².